The molecule has 1 amide bonds. The standard InChI is InChI=1S/C20H17N3O6/c1-12-9-15(16(23(26)27)10-13(12)2)21-18(24)11-28-20(25)8-7-19-22-14-5-3-4-6-17(14)29-19/h3-10H,11H2,1-2H3,(H,21,24)/b8-7+. The van der Waals surface area contributed by atoms with Crippen LogP contribution in [0, 0.1) is 24.0 Å². The second-order valence-corrected chi connectivity index (χ2v) is 6.22. The maximum absolute atomic E-state index is 12.0. The number of rotatable bonds is 6. The maximum atomic E-state index is 12.0. The summed E-state index contributed by atoms with van der Waals surface area (Å²) in [5.74, 6) is -1.25. The van der Waals surface area contributed by atoms with Crippen LogP contribution in [0.5, 0.6) is 0 Å². The lowest BCUT2D eigenvalue weighted by atomic mass is 10.1. The summed E-state index contributed by atoms with van der Waals surface area (Å²) < 4.78 is 10.3. The number of amides is 1. The molecule has 1 heterocycles. The third-order valence-corrected chi connectivity index (χ3v) is 4.10. The molecule has 0 saturated carbocycles. The molecule has 2 aromatic carbocycles. The number of oxazole rings is 1. The Balaban J connectivity index is 1.58. The summed E-state index contributed by atoms with van der Waals surface area (Å²) in [6, 6.07) is 10.00. The van der Waals surface area contributed by atoms with Crippen LogP contribution < -0.4 is 5.32 Å². The van der Waals surface area contributed by atoms with Gasteiger partial charge in [0.2, 0.25) is 5.89 Å². The number of nitrogens with one attached hydrogen (secondary N) is 1. The molecule has 0 aliphatic rings. The van der Waals surface area contributed by atoms with Crippen LogP contribution in [0.2, 0.25) is 0 Å². The van der Waals surface area contributed by atoms with E-state index in [1.165, 1.54) is 18.2 Å². The van der Waals surface area contributed by atoms with Crippen molar-refractivity contribution in [2.24, 2.45) is 0 Å². The van der Waals surface area contributed by atoms with Crippen LogP contribution in [0.3, 0.4) is 0 Å². The van der Waals surface area contributed by atoms with Gasteiger partial charge >= 0.3 is 5.97 Å². The van der Waals surface area contributed by atoms with Crippen molar-refractivity contribution in [1.82, 2.24) is 4.98 Å². The van der Waals surface area contributed by atoms with E-state index in [-0.39, 0.29) is 17.3 Å². The molecule has 0 saturated heterocycles. The number of nitro groups is 1. The van der Waals surface area contributed by atoms with Crippen LogP contribution in [0.25, 0.3) is 17.2 Å². The minimum absolute atomic E-state index is 0.0427. The molecule has 0 bridgehead atoms. The molecule has 1 aromatic heterocycles. The lowest BCUT2D eigenvalue weighted by molar-refractivity contribution is -0.384. The highest BCUT2D eigenvalue weighted by atomic mass is 16.6. The van der Waals surface area contributed by atoms with Gasteiger partial charge in [0.25, 0.3) is 11.6 Å². The first kappa shape index (κ1) is 19.7. The zero-order valence-corrected chi connectivity index (χ0v) is 15.7. The number of aryl methyl sites for hydroxylation is 2. The average molecular weight is 395 g/mol. The molecule has 29 heavy (non-hydrogen) atoms. The predicted molar refractivity (Wildman–Crippen MR) is 105 cm³/mol. The van der Waals surface area contributed by atoms with Gasteiger partial charge in [0.05, 0.1) is 4.92 Å². The van der Waals surface area contributed by atoms with Gasteiger partial charge in [-0.05, 0) is 43.2 Å². The third kappa shape index (κ3) is 4.83. The van der Waals surface area contributed by atoms with Crippen molar-refractivity contribution in [2.75, 3.05) is 11.9 Å². The Labute approximate surface area is 165 Å². The smallest absolute Gasteiger partial charge is 0.331 e. The first-order valence-corrected chi connectivity index (χ1v) is 8.59. The number of para-hydroxylation sites is 2. The van der Waals surface area contributed by atoms with E-state index in [2.05, 4.69) is 10.3 Å². The van der Waals surface area contributed by atoms with Gasteiger partial charge in [-0.15, -0.1) is 0 Å². The Bertz CT molecular complexity index is 1100. The predicted octanol–water partition coefficient (Wildman–Crippen LogP) is 3.55. The number of esters is 1. The van der Waals surface area contributed by atoms with Gasteiger partial charge in [-0.2, -0.15) is 0 Å². The lowest BCUT2D eigenvalue weighted by Gasteiger charge is -2.08. The van der Waals surface area contributed by atoms with Crippen LogP contribution >= 0.6 is 0 Å². The summed E-state index contributed by atoms with van der Waals surface area (Å²) in [4.78, 5) is 38.6. The van der Waals surface area contributed by atoms with Gasteiger partial charge < -0.3 is 14.5 Å². The van der Waals surface area contributed by atoms with E-state index in [1.54, 1.807) is 32.0 Å². The Kier molecular flexibility index (Phi) is 5.68. The number of ether oxygens (including phenoxy) is 1. The molecule has 148 valence electrons. The maximum Gasteiger partial charge on any atom is 0.331 e. The monoisotopic (exact) mass is 395 g/mol. The fourth-order valence-electron chi connectivity index (χ4n) is 2.52. The topological polar surface area (TPSA) is 125 Å². The molecule has 9 nitrogen and oxygen atoms in total. The summed E-state index contributed by atoms with van der Waals surface area (Å²) in [5, 5.41) is 13.6. The van der Waals surface area contributed by atoms with Gasteiger partial charge in [-0.3, -0.25) is 14.9 Å². The average Bonchev–Trinajstić information content (AvgIpc) is 3.10. The van der Waals surface area contributed by atoms with Crippen molar-refractivity contribution in [3.05, 3.63) is 69.6 Å². The van der Waals surface area contributed by atoms with E-state index in [0.717, 1.165) is 17.2 Å². The number of nitrogens with zero attached hydrogens (tertiary/aromatic N) is 2. The molecular weight excluding hydrogens is 378 g/mol. The molecule has 0 fully saturated rings. The van der Waals surface area contributed by atoms with E-state index in [4.69, 9.17) is 9.15 Å². The van der Waals surface area contributed by atoms with Crippen molar-refractivity contribution in [3.63, 3.8) is 0 Å². The number of hydrogen-bond donors (Lipinski definition) is 1. The van der Waals surface area contributed by atoms with Gasteiger partial charge in [0.15, 0.2) is 12.2 Å². The molecule has 1 N–H and O–H groups in total. The van der Waals surface area contributed by atoms with E-state index in [0.29, 0.717) is 11.1 Å². The summed E-state index contributed by atoms with van der Waals surface area (Å²) in [6.07, 6.45) is 2.41. The fraction of sp³-hybridized carbons (Fsp3) is 0.150. The largest absolute Gasteiger partial charge is 0.452 e. The normalized spacial score (nSPS) is 11.0. The quantitative estimate of drug-likeness (QED) is 0.293. The highest BCUT2D eigenvalue weighted by Gasteiger charge is 2.18. The van der Waals surface area contributed by atoms with Crippen molar-refractivity contribution in [3.8, 4) is 0 Å². The summed E-state index contributed by atoms with van der Waals surface area (Å²) in [6.45, 7) is 2.91. The van der Waals surface area contributed by atoms with E-state index >= 15 is 0 Å². The van der Waals surface area contributed by atoms with Gasteiger partial charge in [-0.1, -0.05) is 12.1 Å². The third-order valence-electron chi connectivity index (χ3n) is 4.10. The summed E-state index contributed by atoms with van der Waals surface area (Å²) in [7, 11) is 0. The number of carbonyl (C=O) groups is 2. The molecule has 0 unspecified atom stereocenters. The number of carbonyl (C=O) groups excluding carboxylic acids is 2. The molecule has 0 spiro atoms. The Morgan fingerprint density at radius 1 is 1.24 bits per heavy atom. The minimum Gasteiger partial charge on any atom is -0.452 e. The second-order valence-electron chi connectivity index (χ2n) is 6.22. The Morgan fingerprint density at radius 3 is 2.69 bits per heavy atom. The number of benzene rings is 2. The zero-order valence-electron chi connectivity index (χ0n) is 15.7. The van der Waals surface area contributed by atoms with Crippen LogP contribution in [0.1, 0.15) is 17.0 Å². The number of anilines is 1. The first-order valence-electron chi connectivity index (χ1n) is 8.59. The first-order chi connectivity index (χ1) is 13.8. The van der Waals surface area contributed by atoms with Crippen molar-refractivity contribution < 1.29 is 23.7 Å². The summed E-state index contributed by atoms with van der Waals surface area (Å²) >= 11 is 0. The van der Waals surface area contributed by atoms with Crippen LogP contribution in [0.4, 0.5) is 11.4 Å². The number of aromatic nitrogens is 1. The molecule has 3 aromatic rings. The zero-order chi connectivity index (χ0) is 21.0. The van der Waals surface area contributed by atoms with E-state index in [1.807, 2.05) is 6.07 Å². The number of fused-ring (bicyclic) bond motifs is 1. The van der Waals surface area contributed by atoms with Crippen molar-refractivity contribution >= 4 is 40.4 Å². The van der Waals surface area contributed by atoms with Gasteiger partial charge in [0.1, 0.15) is 11.2 Å². The molecule has 0 radical (unpaired) electrons. The van der Waals surface area contributed by atoms with Crippen molar-refractivity contribution in [2.45, 2.75) is 13.8 Å². The Morgan fingerprint density at radius 2 is 1.97 bits per heavy atom. The Hall–Kier alpha value is -4.01. The molecule has 0 atom stereocenters. The van der Waals surface area contributed by atoms with Gasteiger partial charge in [-0.25, -0.2) is 9.78 Å². The summed E-state index contributed by atoms with van der Waals surface area (Å²) in [5.41, 5.74) is 2.55. The van der Waals surface area contributed by atoms with Crippen LogP contribution in [0.15, 0.2) is 46.9 Å². The van der Waals surface area contributed by atoms with E-state index in [9.17, 15) is 19.7 Å². The SMILES string of the molecule is Cc1cc(NC(=O)COC(=O)/C=C/c2nc3ccccc3o2)c([N+](=O)[O-])cc1C. The molecule has 3 rings (SSSR count). The molecule has 9 heteroatoms. The second kappa shape index (κ2) is 8.34. The molecule has 0 aliphatic heterocycles. The van der Waals surface area contributed by atoms with Gasteiger partial charge in [0, 0.05) is 18.2 Å². The highest BCUT2D eigenvalue weighted by molar-refractivity contribution is 5.96. The molecular formula is C20H17N3O6. The highest BCUT2D eigenvalue weighted by Crippen LogP contribution is 2.27. The number of hydrogen-bond acceptors (Lipinski definition) is 7. The van der Waals surface area contributed by atoms with Crippen molar-refractivity contribution in [1.29, 1.82) is 0 Å². The van der Waals surface area contributed by atoms with Crippen LogP contribution in [-0.4, -0.2) is 28.4 Å². The molecule has 0 aliphatic carbocycles. The minimum atomic E-state index is -0.781. The number of nitro benzene ring substituents is 1. The van der Waals surface area contributed by atoms with E-state index < -0.39 is 23.4 Å². The fourth-order valence-corrected chi connectivity index (χ4v) is 2.52. The lowest BCUT2D eigenvalue weighted by Crippen LogP contribution is -2.20. The van der Waals surface area contributed by atoms with Crippen LogP contribution in [-0.2, 0) is 14.3 Å².